The molecule has 1 heterocycles. The number of hydrogen-bond donors (Lipinski definition) is 1. The highest BCUT2D eigenvalue weighted by atomic mass is 35.5. The second-order valence-corrected chi connectivity index (χ2v) is 5.21. The van der Waals surface area contributed by atoms with Gasteiger partial charge in [0.05, 0.1) is 10.9 Å². The topological polar surface area (TPSA) is 64.4 Å². The summed E-state index contributed by atoms with van der Waals surface area (Å²) in [5.74, 6) is -0.0210. The Morgan fingerprint density at radius 3 is 2.72 bits per heavy atom. The van der Waals surface area contributed by atoms with Crippen molar-refractivity contribution in [2.24, 2.45) is 0 Å². The molecule has 0 aliphatic heterocycles. The molecule has 18 heavy (non-hydrogen) atoms. The van der Waals surface area contributed by atoms with Crippen LogP contribution in [0, 0.1) is 0 Å². The van der Waals surface area contributed by atoms with Crippen molar-refractivity contribution in [2.75, 3.05) is 0 Å². The highest BCUT2D eigenvalue weighted by Gasteiger charge is 2.22. The second-order valence-electron chi connectivity index (χ2n) is 4.85. The molecule has 0 radical (unpaired) electrons. The Morgan fingerprint density at radius 1 is 1.44 bits per heavy atom. The lowest BCUT2D eigenvalue weighted by atomic mass is 10.2. The summed E-state index contributed by atoms with van der Waals surface area (Å²) in [6, 6.07) is 4.73. The van der Waals surface area contributed by atoms with Crippen molar-refractivity contribution in [3.63, 3.8) is 0 Å². The van der Waals surface area contributed by atoms with Crippen LogP contribution in [0.25, 0.3) is 10.9 Å². The molecule has 0 unspecified atom stereocenters. The fourth-order valence-corrected chi connectivity index (χ4v) is 1.82. The first-order valence-electron chi connectivity index (χ1n) is 5.39. The largest absolute Gasteiger partial charge is 0.507 e. The molecule has 1 aromatic heterocycles. The first kappa shape index (κ1) is 12.7. The van der Waals surface area contributed by atoms with Gasteiger partial charge in [-0.2, -0.15) is 4.68 Å². The molecule has 1 N–H and O–H groups in total. The Labute approximate surface area is 109 Å². The lowest BCUT2D eigenvalue weighted by molar-refractivity contribution is 0.0523. The fourth-order valence-electron chi connectivity index (χ4n) is 1.55. The van der Waals surface area contributed by atoms with Gasteiger partial charge in [0.25, 0.3) is 0 Å². The third-order valence-electron chi connectivity index (χ3n) is 2.21. The van der Waals surface area contributed by atoms with Gasteiger partial charge in [0, 0.05) is 0 Å². The number of aromatic hydroxyl groups is 1. The number of ether oxygens (including phenoxy) is 1. The van der Waals surface area contributed by atoms with Gasteiger partial charge in [0.1, 0.15) is 11.4 Å². The van der Waals surface area contributed by atoms with Crippen LogP contribution >= 0.6 is 11.6 Å². The van der Waals surface area contributed by atoms with E-state index in [4.69, 9.17) is 16.3 Å². The van der Waals surface area contributed by atoms with E-state index >= 15 is 0 Å². The summed E-state index contributed by atoms with van der Waals surface area (Å²) in [6.45, 7) is 5.28. The van der Waals surface area contributed by atoms with E-state index in [1.54, 1.807) is 32.9 Å². The van der Waals surface area contributed by atoms with Crippen LogP contribution in [0.15, 0.2) is 18.2 Å². The van der Waals surface area contributed by atoms with E-state index in [0.717, 1.165) is 4.68 Å². The molecule has 6 heteroatoms. The Hall–Kier alpha value is -1.75. The number of carbonyl (C=O) groups excluding carboxylic acids is 1. The quantitative estimate of drug-likeness (QED) is 0.797. The average Bonchev–Trinajstić information content (AvgIpc) is 2.55. The summed E-state index contributed by atoms with van der Waals surface area (Å²) < 4.78 is 6.25. The standard InChI is InChI=1S/C12H13ClN2O3/c1-12(2,3)18-11(17)15-7-5-4-6-8(16)9(7)10(13)14-15/h4-6,16H,1-3H3. The minimum atomic E-state index is -0.634. The maximum atomic E-state index is 11.9. The number of benzene rings is 1. The number of carbonyl (C=O) groups is 1. The van der Waals surface area contributed by atoms with E-state index < -0.39 is 11.7 Å². The summed E-state index contributed by atoms with van der Waals surface area (Å²) in [5, 5.41) is 14.0. The van der Waals surface area contributed by atoms with Crippen molar-refractivity contribution in [1.29, 1.82) is 0 Å². The van der Waals surface area contributed by atoms with Gasteiger partial charge in [-0.1, -0.05) is 17.7 Å². The minimum absolute atomic E-state index is 0.0210. The number of halogens is 1. The van der Waals surface area contributed by atoms with Crippen LogP contribution < -0.4 is 0 Å². The van der Waals surface area contributed by atoms with E-state index in [1.807, 2.05) is 0 Å². The number of phenolic OH excluding ortho intramolecular Hbond substituents is 1. The van der Waals surface area contributed by atoms with Crippen LogP contribution in [0.4, 0.5) is 4.79 Å². The minimum Gasteiger partial charge on any atom is -0.507 e. The molecule has 0 bridgehead atoms. The SMILES string of the molecule is CC(C)(C)OC(=O)n1nc(Cl)c2c(O)cccc21. The lowest BCUT2D eigenvalue weighted by Crippen LogP contribution is -2.27. The van der Waals surface area contributed by atoms with E-state index in [9.17, 15) is 9.90 Å². The molecule has 96 valence electrons. The third kappa shape index (κ3) is 2.26. The lowest BCUT2D eigenvalue weighted by Gasteiger charge is -2.19. The fraction of sp³-hybridized carbons (Fsp3) is 0.333. The molecule has 0 aliphatic rings. The van der Waals surface area contributed by atoms with Crippen molar-refractivity contribution in [3.05, 3.63) is 23.4 Å². The summed E-state index contributed by atoms with van der Waals surface area (Å²) in [4.78, 5) is 11.9. The van der Waals surface area contributed by atoms with E-state index in [1.165, 1.54) is 6.07 Å². The molecule has 0 aliphatic carbocycles. The molecule has 2 rings (SSSR count). The normalized spacial score (nSPS) is 11.8. The summed E-state index contributed by atoms with van der Waals surface area (Å²) in [5.41, 5.74) is -0.215. The highest BCUT2D eigenvalue weighted by molar-refractivity contribution is 6.35. The van der Waals surface area contributed by atoms with Crippen molar-refractivity contribution >= 4 is 28.6 Å². The van der Waals surface area contributed by atoms with E-state index in [0.29, 0.717) is 10.9 Å². The average molecular weight is 269 g/mol. The smallest absolute Gasteiger partial charge is 0.435 e. The van der Waals surface area contributed by atoms with Gasteiger partial charge in [-0.15, -0.1) is 5.10 Å². The monoisotopic (exact) mass is 268 g/mol. The zero-order valence-corrected chi connectivity index (χ0v) is 11.0. The number of aromatic nitrogens is 2. The Morgan fingerprint density at radius 2 is 2.11 bits per heavy atom. The predicted octanol–water partition coefficient (Wildman–Crippen LogP) is 3.18. The highest BCUT2D eigenvalue weighted by Crippen LogP contribution is 2.31. The van der Waals surface area contributed by atoms with Crippen molar-refractivity contribution in [3.8, 4) is 5.75 Å². The van der Waals surface area contributed by atoms with Gasteiger partial charge < -0.3 is 9.84 Å². The molecule has 2 aromatic rings. The van der Waals surface area contributed by atoms with Crippen molar-refractivity contribution < 1.29 is 14.6 Å². The zero-order valence-electron chi connectivity index (χ0n) is 10.3. The molecule has 0 fully saturated rings. The summed E-state index contributed by atoms with van der Waals surface area (Å²) >= 11 is 5.90. The summed E-state index contributed by atoms with van der Waals surface area (Å²) in [7, 11) is 0. The van der Waals surface area contributed by atoms with Crippen LogP contribution in [0.5, 0.6) is 5.75 Å². The molecule has 0 atom stereocenters. The van der Waals surface area contributed by atoms with Crippen LogP contribution in [0.2, 0.25) is 5.15 Å². The van der Waals surface area contributed by atoms with Gasteiger partial charge >= 0.3 is 6.09 Å². The first-order chi connectivity index (χ1) is 8.29. The molecule has 0 spiro atoms. The van der Waals surface area contributed by atoms with Crippen LogP contribution in [0.3, 0.4) is 0 Å². The molecular weight excluding hydrogens is 256 g/mol. The number of phenols is 1. The summed E-state index contributed by atoms with van der Waals surface area (Å²) in [6.07, 6.45) is -0.634. The molecule has 5 nitrogen and oxygen atoms in total. The Kier molecular flexibility index (Phi) is 2.94. The predicted molar refractivity (Wildman–Crippen MR) is 68.0 cm³/mol. The van der Waals surface area contributed by atoms with Crippen LogP contribution in [0.1, 0.15) is 20.8 Å². The number of rotatable bonds is 0. The number of hydrogen-bond acceptors (Lipinski definition) is 4. The van der Waals surface area contributed by atoms with Gasteiger partial charge in [0.2, 0.25) is 0 Å². The van der Waals surface area contributed by atoms with E-state index in [2.05, 4.69) is 5.10 Å². The third-order valence-corrected chi connectivity index (χ3v) is 2.47. The molecular formula is C12H13ClN2O3. The van der Waals surface area contributed by atoms with Crippen LogP contribution in [-0.4, -0.2) is 26.6 Å². The van der Waals surface area contributed by atoms with Crippen molar-refractivity contribution in [1.82, 2.24) is 9.78 Å². The molecule has 0 saturated heterocycles. The molecule has 1 aromatic carbocycles. The molecule has 0 saturated carbocycles. The molecule has 0 amide bonds. The number of nitrogens with zero attached hydrogens (tertiary/aromatic N) is 2. The van der Waals surface area contributed by atoms with Gasteiger partial charge in [-0.05, 0) is 32.9 Å². The first-order valence-corrected chi connectivity index (χ1v) is 5.77. The van der Waals surface area contributed by atoms with Crippen LogP contribution in [-0.2, 0) is 4.74 Å². The van der Waals surface area contributed by atoms with Gasteiger partial charge in [-0.25, -0.2) is 4.79 Å². The van der Waals surface area contributed by atoms with Crippen molar-refractivity contribution in [2.45, 2.75) is 26.4 Å². The second kappa shape index (κ2) is 4.17. The van der Waals surface area contributed by atoms with Gasteiger partial charge in [-0.3, -0.25) is 0 Å². The maximum Gasteiger partial charge on any atom is 0.435 e. The zero-order chi connectivity index (χ0) is 13.5. The van der Waals surface area contributed by atoms with Gasteiger partial charge in [0.15, 0.2) is 5.15 Å². The maximum absolute atomic E-state index is 11.9. The van der Waals surface area contributed by atoms with E-state index in [-0.39, 0.29) is 10.9 Å². The Balaban J connectivity index is 2.53. The Bertz CT molecular complexity index is 614. The number of fused-ring (bicyclic) bond motifs is 1.